The maximum absolute atomic E-state index is 11.5. The third-order valence-electron chi connectivity index (χ3n) is 2.16. The first kappa shape index (κ1) is 9.33. The highest BCUT2D eigenvalue weighted by molar-refractivity contribution is 6.33. The van der Waals surface area contributed by atoms with E-state index in [9.17, 15) is 9.59 Å². The van der Waals surface area contributed by atoms with E-state index in [0.29, 0.717) is 0 Å². The zero-order valence-corrected chi connectivity index (χ0v) is 8.30. The SMILES string of the molecule is COC(=O)c1[nH]n(C2CC2)c(=O)c1Cl. The van der Waals surface area contributed by atoms with Gasteiger partial charge in [-0.1, -0.05) is 11.6 Å². The molecule has 0 atom stereocenters. The number of halogens is 1. The van der Waals surface area contributed by atoms with E-state index < -0.39 is 5.97 Å². The van der Waals surface area contributed by atoms with Gasteiger partial charge in [0.15, 0.2) is 5.69 Å². The van der Waals surface area contributed by atoms with Crippen LogP contribution in [-0.4, -0.2) is 22.9 Å². The first-order chi connectivity index (χ1) is 6.65. The molecule has 0 aliphatic heterocycles. The molecule has 1 aromatic heterocycles. The summed E-state index contributed by atoms with van der Waals surface area (Å²) < 4.78 is 5.86. The van der Waals surface area contributed by atoms with Crippen LogP contribution in [-0.2, 0) is 4.74 Å². The number of hydrogen-bond donors (Lipinski definition) is 1. The van der Waals surface area contributed by atoms with Crippen LogP contribution in [0.15, 0.2) is 4.79 Å². The molecule has 1 aliphatic rings. The van der Waals surface area contributed by atoms with Crippen molar-refractivity contribution in [2.75, 3.05) is 7.11 Å². The minimum Gasteiger partial charge on any atom is -0.464 e. The Hall–Kier alpha value is -1.23. The van der Waals surface area contributed by atoms with E-state index in [1.165, 1.54) is 11.8 Å². The molecule has 0 amide bonds. The number of nitrogens with one attached hydrogen (secondary N) is 1. The van der Waals surface area contributed by atoms with Gasteiger partial charge >= 0.3 is 5.97 Å². The normalized spacial score (nSPS) is 15.6. The summed E-state index contributed by atoms with van der Waals surface area (Å²) in [6, 6.07) is 0.165. The molecule has 0 aromatic carbocycles. The third-order valence-corrected chi connectivity index (χ3v) is 2.51. The summed E-state index contributed by atoms with van der Waals surface area (Å²) in [5.74, 6) is -0.619. The number of hydrogen-bond acceptors (Lipinski definition) is 3. The number of ether oxygens (including phenoxy) is 1. The Bertz CT molecular complexity index is 430. The van der Waals surface area contributed by atoms with E-state index in [2.05, 4.69) is 9.84 Å². The average molecular weight is 217 g/mol. The first-order valence-electron chi connectivity index (χ1n) is 4.23. The maximum Gasteiger partial charge on any atom is 0.357 e. The molecule has 0 bridgehead atoms. The van der Waals surface area contributed by atoms with Crippen LogP contribution >= 0.6 is 11.6 Å². The number of methoxy groups -OCH3 is 1. The second-order valence-electron chi connectivity index (χ2n) is 3.20. The van der Waals surface area contributed by atoms with Crippen LogP contribution in [0, 0.1) is 0 Å². The van der Waals surface area contributed by atoms with E-state index in [1.54, 1.807) is 0 Å². The lowest BCUT2D eigenvalue weighted by Crippen LogP contribution is -2.14. The lowest BCUT2D eigenvalue weighted by Gasteiger charge is -1.96. The van der Waals surface area contributed by atoms with Crippen molar-refractivity contribution < 1.29 is 9.53 Å². The standard InChI is InChI=1S/C8H9ClN2O3/c1-14-8(13)6-5(9)7(12)11(10-6)4-2-3-4/h4,10H,2-3H2,1H3. The van der Waals surface area contributed by atoms with E-state index in [-0.39, 0.29) is 22.3 Å². The monoisotopic (exact) mass is 216 g/mol. The Morgan fingerprint density at radius 1 is 1.64 bits per heavy atom. The second-order valence-corrected chi connectivity index (χ2v) is 3.58. The van der Waals surface area contributed by atoms with Crippen LogP contribution < -0.4 is 5.56 Å². The summed E-state index contributed by atoms with van der Waals surface area (Å²) in [6.07, 6.45) is 1.88. The van der Waals surface area contributed by atoms with Crippen LogP contribution in [0.2, 0.25) is 5.02 Å². The molecular weight excluding hydrogens is 208 g/mol. The summed E-state index contributed by atoms with van der Waals surface area (Å²) in [4.78, 5) is 22.6. The van der Waals surface area contributed by atoms with Gasteiger partial charge in [0.25, 0.3) is 5.56 Å². The highest BCUT2D eigenvalue weighted by Gasteiger charge is 2.29. The zero-order chi connectivity index (χ0) is 10.3. The van der Waals surface area contributed by atoms with Crippen molar-refractivity contribution in [2.24, 2.45) is 0 Å². The lowest BCUT2D eigenvalue weighted by molar-refractivity contribution is 0.0593. The molecule has 0 radical (unpaired) electrons. The molecule has 1 aromatic rings. The van der Waals surface area contributed by atoms with Crippen molar-refractivity contribution in [1.82, 2.24) is 9.78 Å². The molecule has 5 nitrogen and oxygen atoms in total. The maximum atomic E-state index is 11.5. The third kappa shape index (κ3) is 1.33. The number of aromatic nitrogens is 2. The number of aromatic amines is 1. The molecule has 1 fully saturated rings. The van der Waals surface area contributed by atoms with Crippen LogP contribution in [0.5, 0.6) is 0 Å². The van der Waals surface area contributed by atoms with E-state index in [0.717, 1.165) is 12.8 Å². The van der Waals surface area contributed by atoms with E-state index in [1.807, 2.05) is 0 Å². The topological polar surface area (TPSA) is 64.1 Å². The van der Waals surface area contributed by atoms with Crippen LogP contribution in [0.25, 0.3) is 0 Å². The molecule has 1 N–H and O–H groups in total. The Kier molecular flexibility index (Phi) is 2.11. The number of esters is 1. The summed E-state index contributed by atoms with van der Waals surface area (Å²) in [5, 5.41) is 2.57. The predicted molar refractivity (Wildman–Crippen MR) is 49.7 cm³/mol. The van der Waals surface area contributed by atoms with Gasteiger partial charge in [0.05, 0.1) is 13.2 Å². The Balaban J connectivity index is 2.47. The highest BCUT2D eigenvalue weighted by atomic mass is 35.5. The fourth-order valence-electron chi connectivity index (χ4n) is 1.26. The molecular formula is C8H9ClN2O3. The minimum atomic E-state index is -0.619. The summed E-state index contributed by atoms with van der Waals surface area (Å²) >= 11 is 5.69. The largest absolute Gasteiger partial charge is 0.464 e. The van der Waals surface area contributed by atoms with Crippen LogP contribution in [0.3, 0.4) is 0 Å². The van der Waals surface area contributed by atoms with Gasteiger partial charge in [-0.15, -0.1) is 0 Å². The number of rotatable bonds is 2. The smallest absolute Gasteiger partial charge is 0.357 e. The molecule has 2 rings (SSSR count). The van der Waals surface area contributed by atoms with Crippen molar-refractivity contribution in [3.05, 3.63) is 21.1 Å². The summed E-state index contributed by atoms with van der Waals surface area (Å²) in [6.45, 7) is 0. The van der Waals surface area contributed by atoms with Gasteiger partial charge in [-0.2, -0.15) is 0 Å². The number of nitrogens with zero attached hydrogens (tertiary/aromatic N) is 1. The molecule has 14 heavy (non-hydrogen) atoms. The van der Waals surface area contributed by atoms with Gasteiger partial charge in [-0.05, 0) is 12.8 Å². The average Bonchev–Trinajstić information content (AvgIpc) is 2.97. The van der Waals surface area contributed by atoms with Crippen molar-refractivity contribution in [2.45, 2.75) is 18.9 Å². The van der Waals surface area contributed by atoms with Crippen molar-refractivity contribution in [3.8, 4) is 0 Å². The van der Waals surface area contributed by atoms with E-state index in [4.69, 9.17) is 11.6 Å². The van der Waals surface area contributed by atoms with Crippen molar-refractivity contribution in [3.63, 3.8) is 0 Å². The molecule has 0 spiro atoms. The number of carbonyl (C=O) groups is 1. The molecule has 6 heteroatoms. The number of H-pyrrole nitrogens is 1. The second kappa shape index (κ2) is 3.16. The molecule has 0 unspecified atom stereocenters. The summed E-state index contributed by atoms with van der Waals surface area (Å²) in [5.41, 5.74) is -0.319. The molecule has 76 valence electrons. The predicted octanol–water partition coefficient (Wildman–Crippen LogP) is 0.951. The Morgan fingerprint density at radius 2 is 2.29 bits per heavy atom. The lowest BCUT2D eigenvalue weighted by atomic mass is 10.4. The van der Waals surface area contributed by atoms with Crippen LogP contribution in [0.1, 0.15) is 29.4 Å². The van der Waals surface area contributed by atoms with Gasteiger partial charge in [-0.25, -0.2) is 9.48 Å². The van der Waals surface area contributed by atoms with Crippen molar-refractivity contribution >= 4 is 17.6 Å². The van der Waals surface area contributed by atoms with Gasteiger partial charge in [0.2, 0.25) is 0 Å². The highest BCUT2D eigenvalue weighted by Crippen LogP contribution is 2.33. The van der Waals surface area contributed by atoms with Gasteiger partial charge in [-0.3, -0.25) is 9.89 Å². The van der Waals surface area contributed by atoms with Gasteiger partial charge in [0, 0.05) is 0 Å². The zero-order valence-electron chi connectivity index (χ0n) is 7.54. The Labute approximate surface area is 84.6 Å². The molecule has 0 saturated heterocycles. The fourth-order valence-corrected chi connectivity index (χ4v) is 1.47. The summed E-state index contributed by atoms with van der Waals surface area (Å²) in [7, 11) is 1.24. The molecule has 1 heterocycles. The first-order valence-corrected chi connectivity index (χ1v) is 4.61. The Morgan fingerprint density at radius 3 is 2.79 bits per heavy atom. The molecule has 1 aliphatic carbocycles. The fraction of sp³-hybridized carbons (Fsp3) is 0.500. The van der Waals surface area contributed by atoms with Gasteiger partial charge < -0.3 is 4.74 Å². The van der Waals surface area contributed by atoms with Gasteiger partial charge in [0.1, 0.15) is 5.02 Å². The van der Waals surface area contributed by atoms with E-state index >= 15 is 0 Å². The quantitative estimate of drug-likeness (QED) is 0.749. The minimum absolute atomic E-state index is 0.0334. The van der Waals surface area contributed by atoms with Crippen molar-refractivity contribution in [1.29, 1.82) is 0 Å². The number of carbonyl (C=O) groups excluding carboxylic acids is 1. The molecule has 1 saturated carbocycles. The van der Waals surface area contributed by atoms with Crippen LogP contribution in [0.4, 0.5) is 0 Å².